The molecule has 2 saturated heterocycles. The van der Waals surface area contributed by atoms with Crippen LogP contribution in [0.4, 0.5) is 4.79 Å². The number of carbonyl (C=O) groups excluding carboxylic acids is 2. The Kier molecular flexibility index (Phi) is 3.69. The highest BCUT2D eigenvalue weighted by Crippen LogP contribution is 2.17. The van der Waals surface area contributed by atoms with E-state index < -0.39 is 12.0 Å². The van der Waals surface area contributed by atoms with Crippen molar-refractivity contribution in [3.8, 4) is 0 Å². The van der Waals surface area contributed by atoms with Crippen LogP contribution in [-0.2, 0) is 9.59 Å². The number of aliphatic carboxylic acids is 1. The molecule has 100 valence electrons. The van der Waals surface area contributed by atoms with Crippen LogP contribution in [0.5, 0.6) is 0 Å². The zero-order chi connectivity index (χ0) is 13.1. The van der Waals surface area contributed by atoms with E-state index >= 15 is 0 Å². The predicted molar refractivity (Wildman–Crippen MR) is 61.9 cm³/mol. The Balaban J connectivity index is 1.94. The van der Waals surface area contributed by atoms with Crippen molar-refractivity contribution in [1.82, 2.24) is 15.5 Å². The lowest BCUT2D eigenvalue weighted by Gasteiger charge is -2.33. The number of nitrogens with zero attached hydrogens (tertiary/aromatic N) is 1. The molecule has 2 aliphatic heterocycles. The summed E-state index contributed by atoms with van der Waals surface area (Å²) in [6.07, 6.45) is 2.39. The van der Waals surface area contributed by atoms with Crippen molar-refractivity contribution in [1.29, 1.82) is 0 Å². The normalized spacial score (nSPS) is 27.8. The molecule has 3 amide bonds. The molecule has 0 aromatic heterocycles. The molecule has 3 N–H and O–H groups in total. The number of rotatable bonds is 2. The highest BCUT2D eigenvalue weighted by molar-refractivity contribution is 5.84. The number of hydrogen-bond acceptors (Lipinski definition) is 3. The zero-order valence-electron chi connectivity index (χ0n) is 10.0. The van der Waals surface area contributed by atoms with Gasteiger partial charge < -0.3 is 20.6 Å². The second-order valence-electron chi connectivity index (χ2n) is 4.70. The van der Waals surface area contributed by atoms with E-state index in [1.54, 1.807) is 0 Å². The minimum Gasteiger partial charge on any atom is -0.480 e. The van der Waals surface area contributed by atoms with E-state index in [1.165, 1.54) is 4.90 Å². The van der Waals surface area contributed by atoms with Gasteiger partial charge in [0, 0.05) is 19.5 Å². The molecule has 2 atom stereocenters. The summed E-state index contributed by atoms with van der Waals surface area (Å²) < 4.78 is 0. The summed E-state index contributed by atoms with van der Waals surface area (Å²) in [5.41, 5.74) is 0. The number of piperidine rings is 1. The minimum absolute atomic E-state index is 0.0891. The van der Waals surface area contributed by atoms with E-state index in [1.807, 2.05) is 0 Å². The number of likely N-dealkylation sites (tertiary alicyclic amines) is 1. The smallest absolute Gasteiger partial charge is 0.326 e. The van der Waals surface area contributed by atoms with Crippen LogP contribution >= 0.6 is 0 Å². The minimum atomic E-state index is -0.967. The molecule has 18 heavy (non-hydrogen) atoms. The largest absolute Gasteiger partial charge is 0.480 e. The van der Waals surface area contributed by atoms with Gasteiger partial charge in [-0.1, -0.05) is 0 Å². The van der Waals surface area contributed by atoms with E-state index in [9.17, 15) is 14.4 Å². The molecule has 2 heterocycles. The Labute approximate surface area is 105 Å². The van der Waals surface area contributed by atoms with E-state index in [4.69, 9.17) is 5.11 Å². The summed E-state index contributed by atoms with van der Waals surface area (Å²) in [7, 11) is 0. The van der Waals surface area contributed by atoms with Crippen molar-refractivity contribution in [3.63, 3.8) is 0 Å². The zero-order valence-corrected chi connectivity index (χ0v) is 10.0. The Bertz CT molecular complexity index is 371. The molecule has 2 aliphatic rings. The molecular weight excluding hydrogens is 238 g/mol. The van der Waals surface area contributed by atoms with Gasteiger partial charge in [-0.05, 0) is 19.3 Å². The first-order valence-electron chi connectivity index (χ1n) is 6.14. The molecule has 0 aliphatic carbocycles. The number of amides is 3. The van der Waals surface area contributed by atoms with Crippen molar-refractivity contribution >= 4 is 17.9 Å². The van der Waals surface area contributed by atoms with Crippen LogP contribution in [0.1, 0.15) is 25.7 Å². The SMILES string of the molecule is O=C1CC(NC(=O)N2CCCCC2C(=O)O)CN1. The molecule has 0 radical (unpaired) electrons. The highest BCUT2D eigenvalue weighted by atomic mass is 16.4. The summed E-state index contributed by atoms with van der Waals surface area (Å²) in [4.78, 5) is 35.4. The molecule has 2 unspecified atom stereocenters. The lowest BCUT2D eigenvalue weighted by atomic mass is 10.0. The Morgan fingerprint density at radius 2 is 2.17 bits per heavy atom. The lowest BCUT2D eigenvalue weighted by molar-refractivity contribution is -0.143. The van der Waals surface area contributed by atoms with Crippen LogP contribution < -0.4 is 10.6 Å². The molecule has 0 aromatic carbocycles. The maximum atomic E-state index is 12.0. The number of hydrogen-bond donors (Lipinski definition) is 3. The summed E-state index contributed by atoms with van der Waals surface area (Å²) >= 11 is 0. The lowest BCUT2D eigenvalue weighted by Crippen LogP contribution is -2.54. The molecule has 7 heteroatoms. The molecule has 2 rings (SSSR count). The van der Waals surface area contributed by atoms with Crippen molar-refractivity contribution < 1.29 is 19.5 Å². The van der Waals surface area contributed by atoms with Crippen LogP contribution in [0, 0.1) is 0 Å². The van der Waals surface area contributed by atoms with Gasteiger partial charge in [0.05, 0.1) is 6.04 Å². The average molecular weight is 255 g/mol. The number of nitrogens with one attached hydrogen (secondary N) is 2. The second kappa shape index (κ2) is 5.24. The van der Waals surface area contributed by atoms with Gasteiger partial charge in [-0.3, -0.25) is 4.79 Å². The number of carboxylic acid groups (broad SMARTS) is 1. The van der Waals surface area contributed by atoms with Crippen LogP contribution in [0.25, 0.3) is 0 Å². The molecule has 0 aromatic rings. The molecule has 2 fully saturated rings. The Morgan fingerprint density at radius 3 is 2.78 bits per heavy atom. The van der Waals surface area contributed by atoms with Crippen molar-refractivity contribution in [3.05, 3.63) is 0 Å². The number of carboxylic acids is 1. The second-order valence-corrected chi connectivity index (χ2v) is 4.70. The predicted octanol–water partition coefficient (Wildman–Crippen LogP) is -0.476. The summed E-state index contributed by atoms with van der Waals surface area (Å²) in [6.45, 7) is 0.868. The fourth-order valence-corrected chi connectivity index (χ4v) is 2.40. The third-order valence-corrected chi connectivity index (χ3v) is 3.35. The molecule has 7 nitrogen and oxygen atoms in total. The third kappa shape index (κ3) is 2.72. The van der Waals surface area contributed by atoms with Crippen LogP contribution in [0.2, 0.25) is 0 Å². The van der Waals surface area contributed by atoms with Crippen molar-refractivity contribution in [2.45, 2.75) is 37.8 Å². The fourth-order valence-electron chi connectivity index (χ4n) is 2.40. The van der Waals surface area contributed by atoms with Gasteiger partial charge in [0.15, 0.2) is 0 Å². The highest BCUT2D eigenvalue weighted by Gasteiger charge is 2.33. The maximum absolute atomic E-state index is 12.0. The van der Waals surface area contributed by atoms with E-state index in [0.29, 0.717) is 19.5 Å². The van der Waals surface area contributed by atoms with Crippen LogP contribution in [0.3, 0.4) is 0 Å². The van der Waals surface area contributed by atoms with Gasteiger partial charge in [-0.25, -0.2) is 9.59 Å². The summed E-state index contributed by atoms with van der Waals surface area (Å²) in [6, 6.07) is -1.37. The van der Waals surface area contributed by atoms with Crippen LogP contribution in [-0.4, -0.2) is 53.1 Å². The van der Waals surface area contributed by atoms with Gasteiger partial charge >= 0.3 is 12.0 Å². The van der Waals surface area contributed by atoms with Crippen molar-refractivity contribution in [2.75, 3.05) is 13.1 Å². The first-order valence-corrected chi connectivity index (χ1v) is 6.14. The van der Waals surface area contributed by atoms with E-state index in [2.05, 4.69) is 10.6 Å². The van der Waals surface area contributed by atoms with E-state index in [0.717, 1.165) is 12.8 Å². The third-order valence-electron chi connectivity index (χ3n) is 3.35. The fraction of sp³-hybridized carbons (Fsp3) is 0.727. The quantitative estimate of drug-likeness (QED) is 0.621. The molecule has 0 saturated carbocycles. The van der Waals surface area contributed by atoms with E-state index in [-0.39, 0.29) is 24.4 Å². The summed E-state index contributed by atoms with van der Waals surface area (Å²) in [5.74, 6) is -1.06. The molecule has 0 bridgehead atoms. The van der Waals surface area contributed by atoms with Gasteiger partial charge in [0.1, 0.15) is 6.04 Å². The van der Waals surface area contributed by atoms with Gasteiger partial charge in [-0.2, -0.15) is 0 Å². The monoisotopic (exact) mass is 255 g/mol. The van der Waals surface area contributed by atoms with Crippen molar-refractivity contribution in [2.24, 2.45) is 0 Å². The average Bonchev–Trinajstić information content (AvgIpc) is 2.74. The standard InChI is InChI=1S/C11H17N3O4/c15-9-5-7(6-12-9)13-11(18)14-4-2-1-3-8(14)10(16)17/h7-8H,1-6H2,(H,12,15)(H,13,18)(H,16,17). The van der Waals surface area contributed by atoms with Gasteiger partial charge in [0.2, 0.25) is 5.91 Å². The first-order chi connectivity index (χ1) is 8.58. The molecule has 0 spiro atoms. The Hall–Kier alpha value is -1.79. The first kappa shape index (κ1) is 12.7. The van der Waals surface area contributed by atoms with Crippen LogP contribution in [0.15, 0.2) is 0 Å². The molecular formula is C11H17N3O4. The maximum Gasteiger partial charge on any atom is 0.326 e. The number of carbonyl (C=O) groups is 3. The topological polar surface area (TPSA) is 98.7 Å². The number of urea groups is 1. The summed E-state index contributed by atoms with van der Waals surface area (Å²) in [5, 5.41) is 14.4. The Morgan fingerprint density at radius 1 is 1.39 bits per heavy atom. The van der Waals surface area contributed by atoms with Gasteiger partial charge in [-0.15, -0.1) is 0 Å². The van der Waals surface area contributed by atoms with Gasteiger partial charge in [0.25, 0.3) is 0 Å².